The van der Waals surface area contributed by atoms with E-state index in [-0.39, 0.29) is 11.7 Å². The van der Waals surface area contributed by atoms with Crippen LogP contribution in [0.5, 0.6) is 0 Å². The first kappa shape index (κ1) is 19.1. The summed E-state index contributed by atoms with van der Waals surface area (Å²) in [6, 6.07) is 21.8. The molecule has 0 saturated carbocycles. The van der Waals surface area contributed by atoms with Gasteiger partial charge >= 0.3 is 0 Å². The van der Waals surface area contributed by atoms with Crippen LogP contribution >= 0.6 is 0 Å². The van der Waals surface area contributed by atoms with Crippen molar-refractivity contribution < 1.29 is 9.59 Å². The molecule has 0 aliphatic carbocycles. The van der Waals surface area contributed by atoms with E-state index in [9.17, 15) is 9.59 Å². The number of amides is 1. The van der Waals surface area contributed by atoms with Crippen LogP contribution in [0.4, 0.5) is 11.4 Å². The molecule has 0 aliphatic heterocycles. The van der Waals surface area contributed by atoms with Crippen LogP contribution in [0.25, 0.3) is 5.57 Å². The number of hydrogen-bond donors (Lipinski definition) is 3. The molecule has 3 aromatic rings. The second kappa shape index (κ2) is 8.33. The van der Waals surface area contributed by atoms with Crippen molar-refractivity contribution in [2.45, 2.75) is 6.04 Å². The van der Waals surface area contributed by atoms with Gasteiger partial charge in [-0.05, 0) is 35.4 Å². The Kier molecular flexibility index (Phi) is 5.67. The number of benzene rings is 3. The third kappa shape index (κ3) is 4.16. The number of carbonyl (C=O) groups excluding carboxylic acids is 2. The van der Waals surface area contributed by atoms with Crippen LogP contribution in [-0.4, -0.2) is 17.7 Å². The number of nitrogens with one attached hydrogen (secondary N) is 1. The van der Waals surface area contributed by atoms with Gasteiger partial charge in [-0.15, -0.1) is 0 Å². The molecular weight excluding hydrogens is 350 g/mol. The molecule has 3 aromatic carbocycles. The van der Waals surface area contributed by atoms with Crippen molar-refractivity contribution in [3.8, 4) is 0 Å². The molecule has 0 aliphatic rings. The lowest BCUT2D eigenvalue weighted by molar-refractivity contribution is 0.0979. The first-order chi connectivity index (χ1) is 13.5. The molecule has 0 bridgehead atoms. The lowest BCUT2D eigenvalue weighted by atomic mass is 9.93. The summed E-state index contributed by atoms with van der Waals surface area (Å²) in [5.74, 6) is -0.480. The minimum absolute atomic E-state index is 0.202. The predicted octanol–water partition coefficient (Wildman–Crippen LogP) is 3.74. The first-order valence-corrected chi connectivity index (χ1v) is 8.77. The van der Waals surface area contributed by atoms with Gasteiger partial charge in [0.2, 0.25) is 0 Å². The minimum atomic E-state index is -0.855. The molecule has 5 heteroatoms. The third-order valence-corrected chi connectivity index (χ3v) is 4.44. The van der Waals surface area contributed by atoms with Crippen LogP contribution in [0.2, 0.25) is 0 Å². The summed E-state index contributed by atoms with van der Waals surface area (Å²) < 4.78 is 0. The second-order valence-electron chi connectivity index (χ2n) is 6.35. The Hall–Kier alpha value is -3.70. The number of anilines is 2. The number of carbonyl (C=O) groups is 2. The molecule has 1 unspecified atom stereocenters. The van der Waals surface area contributed by atoms with Crippen LogP contribution < -0.4 is 16.8 Å². The van der Waals surface area contributed by atoms with Crippen molar-refractivity contribution in [1.29, 1.82) is 0 Å². The first-order valence-electron chi connectivity index (χ1n) is 8.77. The van der Waals surface area contributed by atoms with Crippen molar-refractivity contribution in [2.75, 3.05) is 11.1 Å². The van der Waals surface area contributed by atoms with E-state index >= 15 is 0 Å². The molecule has 0 fully saturated rings. The Morgan fingerprint density at radius 1 is 0.786 bits per heavy atom. The third-order valence-electron chi connectivity index (χ3n) is 4.44. The lowest BCUT2D eigenvalue weighted by Gasteiger charge is -2.15. The van der Waals surface area contributed by atoms with Gasteiger partial charge in [-0.25, -0.2) is 0 Å². The minimum Gasteiger partial charge on any atom is -0.397 e. The summed E-state index contributed by atoms with van der Waals surface area (Å²) in [7, 11) is 0. The highest BCUT2D eigenvalue weighted by atomic mass is 16.1. The SMILES string of the molecule is C=C(c1ccc(C(=O)Nc2ccccc2N)cc1)C(N)C(=O)c1ccccc1. The molecule has 140 valence electrons. The summed E-state index contributed by atoms with van der Waals surface area (Å²) >= 11 is 0. The topological polar surface area (TPSA) is 98.2 Å². The van der Waals surface area contributed by atoms with E-state index in [1.54, 1.807) is 72.8 Å². The number of hydrogen-bond acceptors (Lipinski definition) is 4. The van der Waals surface area contributed by atoms with Crippen LogP contribution in [0.3, 0.4) is 0 Å². The smallest absolute Gasteiger partial charge is 0.255 e. The molecule has 3 rings (SSSR count). The van der Waals surface area contributed by atoms with Crippen molar-refractivity contribution in [3.05, 3.63) is 102 Å². The Morgan fingerprint density at radius 2 is 1.36 bits per heavy atom. The second-order valence-corrected chi connectivity index (χ2v) is 6.35. The molecule has 5 nitrogen and oxygen atoms in total. The monoisotopic (exact) mass is 371 g/mol. The molecule has 28 heavy (non-hydrogen) atoms. The molecule has 0 saturated heterocycles. The van der Waals surface area contributed by atoms with Gasteiger partial charge < -0.3 is 16.8 Å². The molecule has 1 atom stereocenters. The Balaban J connectivity index is 1.71. The standard InChI is InChI=1S/C23H21N3O2/c1-15(21(25)22(27)17-7-3-2-4-8-17)16-11-13-18(14-12-16)23(28)26-20-10-6-5-9-19(20)24/h2-14,21H,1,24-25H2,(H,26,28). The van der Waals surface area contributed by atoms with E-state index in [1.807, 2.05) is 6.07 Å². The molecule has 0 heterocycles. The van der Waals surface area contributed by atoms with E-state index in [4.69, 9.17) is 11.5 Å². The van der Waals surface area contributed by atoms with E-state index in [0.29, 0.717) is 33.6 Å². The van der Waals surface area contributed by atoms with Crippen LogP contribution in [-0.2, 0) is 0 Å². The number of nitrogen functional groups attached to an aromatic ring is 1. The molecule has 1 amide bonds. The Bertz CT molecular complexity index is 1010. The van der Waals surface area contributed by atoms with E-state index in [1.165, 1.54) is 0 Å². The number of rotatable bonds is 6. The summed E-state index contributed by atoms with van der Waals surface area (Å²) in [4.78, 5) is 24.9. The van der Waals surface area contributed by atoms with E-state index in [2.05, 4.69) is 11.9 Å². The van der Waals surface area contributed by atoms with Gasteiger partial charge in [-0.3, -0.25) is 9.59 Å². The highest BCUT2D eigenvalue weighted by Gasteiger charge is 2.20. The molecule has 0 radical (unpaired) electrons. The number of para-hydroxylation sites is 2. The maximum atomic E-state index is 12.5. The fourth-order valence-electron chi connectivity index (χ4n) is 2.76. The lowest BCUT2D eigenvalue weighted by Crippen LogP contribution is -2.31. The van der Waals surface area contributed by atoms with Gasteiger partial charge in [-0.2, -0.15) is 0 Å². The van der Waals surface area contributed by atoms with E-state index < -0.39 is 6.04 Å². The maximum Gasteiger partial charge on any atom is 0.255 e. The zero-order chi connectivity index (χ0) is 20.1. The van der Waals surface area contributed by atoms with Crippen LogP contribution in [0.15, 0.2) is 85.4 Å². The van der Waals surface area contributed by atoms with E-state index in [0.717, 1.165) is 0 Å². The molecule has 0 aromatic heterocycles. The molecular formula is C23H21N3O2. The summed E-state index contributed by atoms with van der Waals surface area (Å²) in [6.07, 6.45) is 0. The van der Waals surface area contributed by atoms with Crippen LogP contribution in [0, 0.1) is 0 Å². The van der Waals surface area contributed by atoms with Gasteiger partial charge in [0.05, 0.1) is 17.4 Å². The van der Waals surface area contributed by atoms with Crippen molar-refractivity contribution >= 4 is 28.6 Å². The fourth-order valence-corrected chi connectivity index (χ4v) is 2.76. The number of nitrogens with two attached hydrogens (primary N) is 2. The number of ketones is 1. The summed E-state index contributed by atoms with van der Waals surface area (Å²) in [5.41, 5.74) is 15.2. The average molecular weight is 371 g/mol. The van der Waals surface area contributed by atoms with Crippen molar-refractivity contribution in [1.82, 2.24) is 0 Å². The summed E-state index contributed by atoms with van der Waals surface area (Å²) in [5, 5.41) is 2.77. The van der Waals surface area contributed by atoms with Gasteiger partial charge in [0, 0.05) is 11.1 Å². The van der Waals surface area contributed by atoms with Gasteiger partial charge in [0.1, 0.15) is 0 Å². The van der Waals surface area contributed by atoms with Crippen LogP contribution in [0.1, 0.15) is 26.3 Å². The molecule has 5 N–H and O–H groups in total. The zero-order valence-corrected chi connectivity index (χ0v) is 15.3. The Labute approximate surface area is 163 Å². The summed E-state index contributed by atoms with van der Waals surface area (Å²) in [6.45, 7) is 3.96. The number of Topliss-reactive ketones (excluding diaryl/α,β-unsaturated/α-hetero) is 1. The maximum absolute atomic E-state index is 12.5. The highest BCUT2D eigenvalue weighted by Crippen LogP contribution is 2.21. The largest absolute Gasteiger partial charge is 0.397 e. The molecule has 0 spiro atoms. The zero-order valence-electron chi connectivity index (χ0n) is 15.3. The van der Waals surface area contributed by atoms with Crippen molar-refractivity contribution in [3.63, 3.8) is 0 Å². The van der Waals surface area contributed by atoms with Gasteiger partial charge in [-0.1, -0.05) is 61.2 Å². The van der Waals surface area contributed by atoms with Gasteiger partial charge in [0.15, 0.2) is 5.78 Å². The van der Waals surface area contributed by atoms with Crippen molar-refractivity contribution in [2.24, 2.45) is 5.73 Å². The Morgan fingerprint density at radius 3 is 2.00 bits per heavy atom. The quantitative estimate of drug-likeness (QED) is 0.454. The normalized spacial score (nSPS) is 11.5. The van der Waals surface area contributed by atoms with Gasteiger partial charge in [0.25, 0.3) is 5.91 Å². The average Bonchev–Trinajstić information content (AvgIpc) is 2.74. The predicted molar refractivity (Wildman–Crippen MR) is 113 cm³/mol. The highest BCUT2D eigenvalue weighted by molar-refractivity contribution is 6.08. The fraction of sp³-hybridized carbons (Fsp3) is 0.0435.